The number of hydrogen-bond donors (Lipinski definition) is 0. The maximum absolute atomic E-state index is 13.8. The van der Waals surface area contributed by atoms with Gasteiger partial charge in [0.1, 0.15) is 30.3 Å². The van der Waals surface area contributed by atoms with Gasteiger partial charge >= 0.3 is 0 Å². The lowest BCUT2D eigenvalue weighted by atomic mass is 10.0. The molecule has 2 rings (SSSR count). The quantitative estimate of drug-likeness (QED) is 0.457. The Morgan fingerprint density at radius 2 is 1.76 bits per heavy atom. The maximum atomic E-state index is 13.8. The number of allylic oxidation sites excluding steroid dienone is 1. The van der Waals surface area contributed by atoms with Crippen molar-refractivity contribution in [2.75, 3.05) is 13.1 Å². The number of carbonyl (C=O) groups is 2. The van der Waals surface area contributed by atoms with E-state index in [1.54, 1.807) is 29.2 Å². The molecule has 0 heterocycles. The van der Waals surface area contributed by atoms with Crippen molar-refractivity contribution in [2.24, 2.45) is 0 Å². The molecule has 0 atom stereocenters. The van der Waals surface area contributed by atoms with Gasteiger partial charge in [0.05, 0.1) is 5.56 Å². The van der Waals surface area contributed by atoms with Gasteiger partial charge in [-0.1, -0.05) is 12.1 Å². The fraction of sp³-hybridized carbons (Fsp3) is 0.304. The first kappa shape index (κ1) is 22.3. The molecule has 2 aromatic carbocycles. The van der Waals surface area contributed by atoms with Gasteiger partial charge in [0, 0.05) is 31.1 Å². The van der Waals surface area contributed by atoms with Crippen LogP contribution < -0.4 is 4.74 Å². The summed E-state index contributed by atoms with van der Waals surface area (Å²) in [5, 5.41) is 0. The van der Waals surface area contributed by atoms with E-state index in [-0.39, 0.29) is 24.5 Å². The normalized spacial score (nSPS) is 11.3. The molecule has 2 aromatic rings. The van der Waals surface area contributed by atoms with Crippen LogP contribution in [0.25, 0.3) is 5.57 Å². The average Bonchev–Trinajstić information content (AvgIpc) is 2.69. The minimum absolute atomic E-state index is 0.0835. The molecule has 0 saturated heterocycles. The van der Waals surface area contributed by atoms with E-state index in [9.17, 15) is 18.4 Å². The summed E-state index contributed by atoms with van der Waals surface area (Å²) < 4.78 is 33.2. The van der Waals surface area contributed by atoms with Crippen LogP contribution in [0, 0.1) is 11.6 Å². The van der Waals surface area contributed by atoms with Crippen LogP contribution in [0.3, 0.4) is 0 Å². The van der Waals surface area contributed by atoms with Gasteiger partial charge in [0.2, 0.25) is 5.91 Å². The molecule has 0 aliphatic rings. The first-order valence-corrected chi connectivity index (χ1v) is 9.51. The second-order valence-corrected chi connectivity index (χ2v) is 6.52. The Kier molecular flexibility index (Phi) is 8.07. The summed E-state index contributed by atoms with van der Waals surface area (Å²) in [7, 11) is 0. The third-order valence-corrected chi connectivity index (χ3v) is 4.67. The van der Waals surface area contributed by atoms with Crippen molar-refractivity contribution in [2.45, 2.75) is 33.8 Å². The van der Waals surface area contributed by atoms with Gasteiger partial charge in [-0.25, -0.2) is 8.78 Å². The Balaban J connectivity index is 2.26. The molecule has 6 heteroatoms. The Labute approximate surface area is 169 Å². The molecule has 1 amide bonds. The van der Waals surface area contributed by atoms with Gasteiger partial charge in [-0.15, -0.1) is 0 Å². The smallest absolute Gasteiger partial charge is 0.246 e. The minimum Gasteiger partial charge on any atom is -0.488 e. The number of carbonyl (C=O) groups excluding carboxylic acids is 2. The number of ether oxygens (including phenoxy) is 1. The molecule has 0 fully saturated rings. The van der Waals surface area contributed by atoms with E-state index in [0.29, 0.717) is 24.4 Å². The van der Waals surface area contributed by atoms with E-state index in [1.165, 1.54) is 6.07 Å². The molecule has 0 aromatic heterocycles. The Bertz CT molecular complexity index is 885. The van der Waals surface area contributed by atoms with E-state index in [1.807, 2.05) is 20.8 Å². The third-order valence-electron chi connectivity index (χ3n) is 4.67. The second kappa shape index (κ2) is 10.5. The highest BCUT2D eigenvalue weighted by Gasteiger charge is 2.13. The van der Waals surface area contributed by atoms with Gasteiger partial charge < -0.3 is 14.4 Å². The molecule has 4 nitrogen and oxygen atoms in total. The van der Waals surface area contributed by atoms with Crippen molar-refractivity contribution in [1.82, 2.24) is 4.90 Å². The van der Waals surface area contributed by atoms with Crippen LogP contribution in [-0.4, -0.2) is 30.2 Å². The van der Waals surface area contributed by atoms with Crippen LogP contribution in [0.2, 0.25) is 0 Å². The predicted octanol–water partition coefficient (Wildman–Crippen LogP) is 4.56. The lowest BCUT2D eigenvalue weighted by Gasteiger charge is -2.17. The predicted molar refractivity (Wildman–Crippen MR) is 108 cm³/mol. The number of halogens is 2. The highest BCUT2D eigenvalue weighted by atomic mass is 19.1. The summed E-state index contributed by atoms with van der Waals surface area (Å²) >= 11 is 0. The fourth-order valence-electron chi connectivity index (χ4n) is 2.93. The van der Waals surface area contributed by atoms with E-state index in [0.717, 1.165) is 29.6 Å². The van der Waals surface area contributed by atoms with Crippen LogP contribution in [-0.2, 0) is 22.6 Å². The Morgan fingerprint density at radius 1 is 1.10 bits per heavy atom. The molecule has 0 aliphatic heterocycles. The van der Waals surface area contributed by atoms with Gasteiger partial charge in [-0.3, -0.25) is 4.79 Å². The number of aldehydes is 1. The summed E-state index contributed by atoms with van der Waals surface area (Å²) in [5.74, 6) is -1.09. The van der Waals surface area contributed by atoms with Crippen LogP contribution in [0.15, 0.2) is 42.5 Å². The average molecular weight is 401 g/mol. The van der Waals surface area contributed by atoms with Crippen molar-refractivity contribution in [1.29, 1.82) is 0 Å². The van der Waals surface area contributed by atoms with E-state index < -0.39 is 11.6 Å². The molecule has 0 unspecified atom stereocenters. The van der Waals surface area contributed by atoms with Crippen LogP contribution in [0.4, 0.5) is 8.78 Å². The number of nitrogens with zero attached hydrogens (tertiary/aromatic N) is 1. The molecule has 0 saturated carbocycles. The Morgan fingerprint density at radius 3 is 2.34 bits per heavy atom. The second-order valence-electron chi connectivity index (χ2n) is 6.52. The first-order chi connectivity index (χ1) is 13.9. The number of likely N-dealkylation sites (N-methyl/N-ethyl adjacent to an activating group) is 1. The van der Waals surface area contributed by atoms with Crippen molar-refractivity contribution >= 4 is 17.8 Å². The van der Waals surface area contributed by atoms with Gasteiger partial charge in [0.25, 0.3) is 0 Å². The maximum Gasteiger partial charge on any atom is 0.246 e. The Hall–Kier alpha value is -3.02. The molecule has 0 N–H and O–H groups in total. The van der Waals surface area contributed by atoms with Crippen molar-refractivity contribution < 1.29 is 23.1 Å². The van der Waals surface area contributed by atoms with E-state index in [2.05, 4.69) is 0 Å². The fourth-order valence-corrected chi connectivity index (χ4v) is 2.93. The summed E-state index contributed by atoms with van der Waals surface area (Å²) in [6, 6.07) is 8.77. The molecular weight excluding hydrogens is 376 g/mol. The minimum atomic E-state index is -0.688. The van der Waals surface area contributed by atoms with Gasteiger partial charge in [-0.05, 0) is 56.2 Å². The molecular formula is C23H25F2NO3. The lowest BCUT2D eigenvalue weighted by Crippen LogP contribution is -2.28. The molecule has 0 aliphatic carbocycles. The zero-order chi connectivity index (χ0) is 21.4. The topological polar surface area (TPSA) is 46.6 Å². The van der Waals surface area contributed by atoms with Crippen LogP contribution in [0.5, 0.6) is 5.75 Å². The van der Waals surface area contributed by atoms with E-state index in [4.69, 9.17) is 4.74 Å². The highest BCUT2D eigenvalue weighted by Crippen LogP contribution is 2.26. The third kappa shape index (κ3) is 5.73. The van der Waals surface area contributed by atoms with E-state index >= 15 is 0 Å². The van der Waals surface area contributed by atoms with Gasteiger partial charge in [0.15, 0.2) is 0 Å². The largest absolute Gasteiger partial charge is 0.488 e. The van der Waals surface area contributed by atoms with Crippen LogP contribution in [0.1, 0.15) is 37.5 Å². The van der Waals surface area contributed by atoms with Gasteiger partial charge in [-0.2, -0.15) is 0 Å². The standard InChI is InChI=1S/C23H25F2NO3/c1-4-26(5-2)23(28)13-16(3)17-9-10-22(18(14-17)11-12-27)29-15-19-20(24)7-6-8-21(19)25/h6-10,12-14H,4-5,11,15H2,1-3H3/b16-13+. The molecule has 0 radical (unpaired) electrons. The molecule has 0 spiro atoms. The SMILES string of the molecule is CCN(CC)C(=O)/C=C(\C)c1ccc(OCc2c(F)cccc2F)c(CC=O)c1. The highest BCUT2D eigenvalue weighted by molar-refractivity contribution is 5.95. The number of hydrogen-bond acceptors (Lipinski definition) is 3. The zero-order valence-corrected chi connectivity index (χ0v) is 16.9. The molecule has 154 valence electrons. The van der Waals surface area contributed by atoms with Crippen molar-refractivity contribution in [3.05, 3.63) is 70.8 Å². The van der Waals surface area contributed by atoms with Crippen LogP contribution >= 0.6 is 0 Å². The summed E-state index contributed by atoms with van der Waals surface area (Å²) in [6.07, 6.45) is 2.37. The monoisotopic (exact) mass is 401 g/mol. The summed E-state index contributed by atoms with van der Waals surface area (Å²) in [6.45, 7) is 6.59. The summed E-state index contributed by atoms with van der Waals surface area (Å²) in [5.41, 5.74) is 1.93. The lowest BCUT2D eigenvalue weighted by molar-refractivity contribution is -0.125. The summed E-state index contributed by atoms with van der Waals surface area (Å²) in [4.78, 5) is 25.1. The first-order valence-electron chi connectivity index (χ1n) is 9.51. The van der Waals surface area contributed by atoms with Crippen molar-refractivity contribution in [3.8, 4) is 5.75 Å². The molecule has 29 heavy (non-hydrogen) atoms. The number of amides is 1. The van der Waals surface area contributed by atoms with Crippen molar-refractivity contribution in [3.63, 3.8) is 0 Å². The number of rotatable bonds is 9. The zero-order valence-electron chi connectivity index (χ0n) is 16.9. The molecule has 0 bridgehead atoms. The number of benzene rings is 2.